The van der Waals surface area contributed by atoms with Gasteiger partial charge < -0.3 is 15.0 Å². The van der Waals surface area contributed by atoms with Crippen LogP contribution in [-0.4, -0.2) is 61.4 Å². The number of nitrogens with one attached hydrogen (secondary N) is 1. The summed E-state index contributed by atoms with van der Waals surface area (Å²) in [6.07, 6.45) is 0.429. The number of amides is 2. The van der Waals surface area contributed by atoms with Gasteiger partial charge in [-0.3, -0.25) is 14.5 Å². The number of hydrogen-bond acceptors (Lipinski definition) is 4. The largest absolute Gasteiger partial charge is 0.495 e. The minimum atomic E-state index is -0.0292. The Bertz CT molecular complexity index is 525. The molecule has 1 aromatic carbocycles. The molecule has 0 bridgehead atoms. The molecule has 6 heteroatoms. The van der Waals surface area contributed by atoms with Gasteiger partial charge in [0.05, 0.1) is 12.8 Å². The first kappa shape index (κ1) is 16.3. The van der Waals surface area contributed by atoms with Crippen molar-refractivity contribution in [2.45, 2.75) is 13.3 Å². The first-order valence-electron chi connectivity index (χ1n) is 7.51. The molecule has 1 aliphatic heterocycles. The molecule has 0 atom stereocenters. The number of nitrogens with zero attached hydrogens (tertiary/aromatic N) is 2. The lowest BCUT2D eigenvalue weighted by Gasteiger charge is -2.34. The normalized spacial score (nSPS) is 15.5. The summed E-state index contributed by atoms with van der Waals surface area (Å²) >= 11 is 0. The summed E-state index contributed by atoms with van der Waals surface area (Å²) in [5, 5.41) is 2.87. The smallest absolute Gasteiger partial charge is 0.225 e. The van der Waals surface area contributed by atoms with Gasteiger partial charge in [0.1, 0.15) is 5.75 Å². The SMILES string of the molecule is COc1ccccc1NC(=O)CCN1CCN(C(C)=O)CC1. The Morgan fingerprint density at radius 3 is 2.50 bits per heavy atom. The van der Waals surface area contributed by atoms with Crippen LogP contribution in [0.5, 0.6) is 5.75 Å². The molecular formula is C16H23N3O3. The maximum absolute atomic E-state index is 12.0. The van der Waals surface area contributed by atoms with E-state index in [0.717, 1.165) is 26.2 Å². The molecule has 0 saturated carbocycles. The van der Waals surface area contributed by atoms with Crippen LogP contribution in [0, 0.1) is 0 Å². The van der Waals surface area contributed by atoms with E-state index >= 15 is 0 Å². The van der Waals surface area contributed by atoms with Crippen molar-refractivity contribution >= 4 is 17.5 Å². The molecule has 0 aromatic heterocycles. The molecule has 1 heterocycles. The minimum absolute atomic E-state index is 0.0292. The van der Waals surface area contributed by atoms with E-state index in [1.165, 1.54) is 0 Å². The molecule has 0 radical (unpaired) electrons. The molecule has 6 nitrogen and oxygen atoms in total. The Balaban J connectivity index is 1.75. The second-order valence-corrected chi connectivity index (χ2v) is 5.35. The van der Waals surface area contributed by atoms with Crippen LogP contribution < -0.4 is 10.1 Å². The fourth-order valence-electron chi connectivity index (χ4n) is 2.51. The molecule has 2 amide bonds. The Kier molecular flexibility index (Phi) is 5.77. The highest BCUT2D eigenvalue weighted by Gasteiger charge is 2.19. The summed E-state index contributed by atoms with van der Waals surface area (Å²) in [7, 11) is 1.58. The molecule has 0 unspecified atom stereocenters. The monoisotopic (exact) mass is 305 g/mol. The van der Waals surface area contributed by atoms with Gasteiger partial charge in [0.25, 0.3) is 0 Å². The highest BCUT2D eigenvalue weighted by Crippen LogP contribution is 2.23. The minimum Gasteiger partial charge on any atom is -0.495 e. The number of carbonyl (C=O) groups is 2. The van der Waals surface area contributed by atoms with E-state index in [-0.39, 0.29) is 11.8 Å². The van der Waals surface area contributed by atoms with E-state index in [9.17, 15) is 9.59 Å². The summed E-state index contributed by atoms with van der Waals surface area (Å²) in [4.78, 5) is 27.4. The van der Waals surface area contributed by atoms with Gasteiger partial charge in [-0.1, -0.05) is 12.1 Å². The Hall–Kier alpha value is -2.08. The van der Waals surface area contributed by atoms with Gasteiger partial charge in [-0.05, 0) is 12.1 Å². The first-order chi connectivity index (χ1) is 10.6. The van der Waals surface area contributed by atoms with Crippen molar-refractivity contribution in [3.8, 4) is 5.75 Å². The third-order valence-electron chi connectivity index (χ3n) is 3.85. The van der Waals surface area contributed by atoms with E-state index in [1.54, 1.807) is 14.0 Å². The fourth-order valence-corrected chi connectivity index (χ4v) is 2.51. The number of carbonyl (C=O) groups excluding carboxylic acids is 2. The molecule has 2 rings (SSSR count). The van der Waals surface area contributed by atoms with Gasteiger partial charge in [0.2, 0.25) is 11.8 Å². The van der Waals surface area contributed by atoms with Crippen molar-refractivity contribution in [1.29, 1.82) is 0 Å². The topological polar surface area (TPSA) is 61.9 Å². The van der Waals surface area contributed by atoms with Gasteiger partial charge >= 0.3 is 0 Å². The lowest BCUT2D eigenvalue weighted by molar-refractivity contribution is -0.130. The number of para-hydroxylation sites is 2. The van der Waals surface area contributed by atoms with E-state index in [1.807, 2.05) is 29.2 Å². The van der Waals surface area contributed by atoms with Crippen LogP contribution in [0.15, 0.2) is 24.3 Å². The van der Waals surface area contributed by atoms with Gasteiger partial charge in [-0.2, -0.15) is 0 Å². The molecule has 0 spiro atoms. The Morgan fingerprint density at radius 2 is 1.86 bits per heavy atom. The van der Waals surface area contributed by atoms with Crippen molar-refractivity contribution < 1.29 is 14.3 Å². The standard InChI is InChI=1S/C16H23N3O3/c1-13(20)19-11-9-18(10-12-19)8-7-16(21)17-14-5-3-4-6-15(14)22-2/h3-6H,7-12H2,1-2H3,(H,17,21). The quantitative estimate of drug-likeness (QED) is 0.887. The van der Waals surface area contributed by atoms with E-state index in [2.05, 4.69) is 10.2 Å². The number of ether oxygens (including phenoxy) is 1. The number of piperazine rings is 1. The molecule has 1 fully saturated rings. The maximum Gasteiger partial charge on any atom is 0.225 e. The van der Waals surface area contributed by atoms with E-state index < -0.39 is 0 Å². The third kappa shape index (κ3) is 4.46. The van der Waals surface area contributed by atoms with Gasteiger partial charge in [0, 0.05) is 46.1 Å². The maximum atomic E-state index is 12.0. The van der Waals surface area contributed by atoms with Gasteiger partial charge in [0.15, 0.2) is 0 Å². The summed E-state index contributed by atoms with van der Waals surface area (Å²) in [6.45, 7) is 5.42. The van der Waals surface area contributed by atoms with Crippen molar-refractivity contribution in [2.24, 2.45) is 0 Å². The predicted molar refractivity (Wildman–Crippen MR) is 84.9 cm³/mol. The Morgan fingerprint density at radius 1 is 1.18 bits per heavy atom. The van der Waals surface area contributed by atoms with Crippen molar-refractivity contribution in [2.75, 3.05) is 45.2 Å². The summed E-state index contributed by atoms with van der Waals surface area (Å²) in [6, 6.07) is 7.36. The number of benzene rings is 1. The summed E-state index contributed by atoms with van der Waals surface area (Å²) < 4.78 is 5.21. The molecule has 22 heavy (non-hydrogen) atoms. The van der Waals surface area contributed by atoms with E-state index in [0.29, 0.717) is 24.4 Å². The molecule has 1 aliphatic rings. The summed E-state index contributed by atoms with van der Waals surface area (Å²) in [5.41, 5.74) is 0.691. The second kappa shape index (κ2) is 7.79. The van der Waals surface area contributed by atoms with Crippen molar-refractivity contribution in [3.63, 3.8) is 0 Å². The van der Waals surface area contributed by atoms with Crippen LogP contribution >= 0.6 is 0 Å². The van der Waals surface area contributed by atoms with Crippen molar-refractivity contribution in [1.82, 2.24) is 9.80 Å². The second-order valence-electron chi connectivity index (χ2n) is 5.35. The van der Waals surface area contributed by atoms with Gasteiger partial charge in [-0.25, -0.2) is 0 Å². The zero-order chi connectivity index (χ0) is 15.9. The van der Waals surface area contributed by atoms with Gasteiger partial charge in [-0.15, -0.1) is 0 Å². The van der Waals surface area contributed by atoms with Crippen LogP contribution in [0.2, 0.25) is 0 Å². The van der Waals surface area contributed by atoms with Crippen LogP contribution in [0.25, 0.3) is 0 Å². The zero-order valence-electron chi connectivity index (χ0n) is 13.2. The summed E-state index contributed by atoms with van der Waals surface area (Å²) in [5.74, 6) is 0.748. The van der Waals surface area contributed by atoms with E-state index in [4.69, 9.17) is 4.74 Å². The van der Waals surface area contributed by atoms with Crippen LogP contribution in [0.4, 0.5) is 5.69 Å². The fraction of sp³-hybridized carbons (Fsp3) is 0.500. The van der Waals surface area contributed by atoms with Crippen molar-refractivity contribution in [3.05, 3.63) is 24.3 Å². The third-order valence-corrected chi connectivity index (χ3v) is 3.85. The number of hydrogen-bond donors (Lipinski definition) is 1. The zero-order valence-corrected chi connectivity index (χ0v) is 13.2. The molecule has 120 valence electrons. The molecule has 0 aliphatic carbocycles. The molecule has 1 saturated heterocycles. The highest BCUT2D eigenvalue weighted by molar-refractivity contribution is 5.92. The van der Waals surface area contributed by atoms with Crippen LogP contribution in [0.1, 0.15) is 13.3 Å². The predicted octanol–water partition coefficient (Wildman–Crippen LogP) is 1.19. The number of rotatable bonds is 5. The average molecular weight is 305 g/mol. The lowest BCUT2D eigenvalue weighted by Crippen LogP contribution is -2.48. The number of methoxy groups -OCH3 is 1. The lowest BCUT2D eigenvalue weighted by atomic mass is 10.2. The van der Waals surface area contributed by atoms with Crippen LogP contribution in [-0.2, 0) is 9.59 Å². The highest BCUT2D eigenvalue weighted by atomic mass is 16.5. The Labute approximate surface area is 131 Å². The molecule has 1 aromatic rings. The van der Waals surface area contributed by atoms with Crippen LogP contribution in [0.3, 0.4) is 0 Å². The molecule has 1 N–H and O–H groups in total. The first-order valence-corrected chi connectivity index (χ1v) is 7.51. The molecular weight excluding hydrogens is 282 g/mol. The average Bonchev–Trinajstić information content (AvgIpc) is 2.54. The number of anilines is 1.